The van der Waals surface area contributed by atoms with Crippen molar-refractivity contribution in [1.82, 2.24) is 25.3 Å². The summed E-state index contributed by atoms with van der Waals surface area (Å²) in [6.45, 7) is 4.37. The molecule has 18 heavy (non-hydrogen) atoms. The van der Waals surface area contributed by atoms with Crippen molar-refractivity contribution >= 4 is 5.91 Å². The maximum absolute atomic E-state index is 11.2. The molecule has 0 aromatic carbocycles. The van der Waals surface area contributed by atoms with Crippen LogP contribution in [0.2, 0.25) is 0 Å². The van der Waals surface area contributed by atoms with Crippen LogP contribution in [0.25, 0.3) is 0 Å². The van der Waals surface area contributed by atoms with Gasteiger partial charge in [-0.1, -0.05) is 0 Å². The normalized spacial score (nSPS) is 14.6. The number of hydrogen-bond donors (Lipinski definition) is 2. The van der Waals surface area contributed by atoms with Gasteiger partial charge in [-0.05, 0) is 13.1 Å². The van der Waals surface area contributed by atoms with E-state index in [4.69, 9.17) is 0 Å². The molecule has 0 atom stereocenters. The third kappa shape index (κ3) is 3.30. The van der Waals surface area contributed by atoms with E-state index in [0.29, 0.717) is 6.42 Å². The summed E-state index contributed by atoms with van der Waals surface area (Å²) in [6, 6.07) is 2.14. The molecule has 6 heteroatoms. The summed E-state index contributed by atoms with van der Waals surface area (Å²) in [5, 5.41) is 10.5. The molecule has 100 valence electrons. The Morgan fingerprint density at radius 1 is 1.67 bits per heavy atom. The lowest BCUT2D eigenvalue weighted by atomic mass is 10.3. The van der Waals surface area contributed by atoms with Crippen molar-refractivity contribution in [2.24, 2.45) is 0 Å². The molecule has 1 aromatic rings. The van der Waals surface area contributed by atoms with Crippen LogP contribution in [0, 0.1) is 0 Å². The van der Waals surface area contributed by atoms with Crippen LogP contribution in [-0.4, -0.2) is 47.8 Å². The second-order valence-electron chi connectivity index (χ2n) is 4.69. The van der Waals surface area contributed by atoms with E-state index >= 15 is 0 Å². The van der Waals surface area contributed by atoms with Gasteiger partial charge in [-0.2, -0.15) is 5.10 Å². The Bertz CT molecular complexity index is 391. The highest BCUT2D eigenvalue weighted by Crippen LogP contribution is 2.09. The lowest BCUT2D eigenvalue weighted by molar-refractivity contribution is -0.120. The molecule has 0 bridgehead atoms. The van der Waals surface area contributed by atoms with Crippen LogP contribution in [-0.2, 0) is 24.4 Å². The Labute approximate surface area is 107 Å². The molecule has 1 amide bonds. The lowest BCUT2D eigenvalue weighted by Crippen LogP contribution is -2.28. The topological polar surface area (TPSA) is 62.2 Å². The number of carbonyl (C=O) groups excluding carboxylic acids is 1. The van der Waals surface area contributed by atoms with Gasteiger partial charge in [-0.15, -0.1) is 0 Å². The largest absolute Gasteiger partial charge is 0.359 e. The molecule has 0 fully saturated rings. The minimum absolute atomic E-state index is 0.0789. The molecule has 1 aromatic heterocycles. The number of aromatic nitrogens is 2. The molecule has 0 saturated carbocycles. The number of hydrogen-bond acceptors (Lipinski definition) is 4. The Morgan fingerprint density at radius 2 is 2.50 bits per heavy atom. The Balaban J connectivity index is 1.85. The van der Waals surface area contributed by atoms with Gasteiger partial charge in [-0.3, -0.25) is 14.4 Å². The van der Waals surface area contributed by atoms with Gasteiger partial charge in [0.25, 0.3) is 0 Å². The first-order valence-electron chi connectivity index (χ1n) is 6.34. The first-order chi connectivity index (χ1) is 8.69. The molecule has 1 aliphatic heterocycles. The van der Waals surface area contributed by atoms with E-state index in [9.17, 15) is 4.79 Å². The molecule has 2 N–H and O–H groups in total. The summed E-state index contributed by atoms with van der Waals surface area (Å²) in [5.74, 6) is 0.0789. The summed E-state index contributed by atoms with van der Waals surface area (Å²) in [4.78, 5) is 13.3. The molecule has 1 aliphatic rings. The first kappa shape index (κ1) is 13.0. The third-order valence-electron chi connectivity index (χ3n) is 3.15. The second kappa shape index (κ2) is 5.97. The number of carbonyl (C=O) groups is 1. The van der Waals surface area contributed by atoms with Crippen molar-refractivity contribution in [1.29, 1.82) is 0 Å². The Morgan fingerprint density at radius 3 is 3.22 bits per heavy atom. The van der Waals surface area contributed by atoms with Crippen molar-refractivity contribution in [3.8, 4) is 0 Å². The highest BCUT2D eigenvalue weighted by atomic mass is 16.1. The quantitative estimate of drug-likeness (QED) is 0.744. The Kier molecular flexibility index (Phi) is 4.33. The monoisotopic (exact) mass is 251 g/mol. The SMILES string of the molecule is CNC(=O)CCN(C)Cc1cc2n(n1)CCNC2. The molecule has 0 aliphatic carbocycles. The lowest BCUT2D eigenvalue weighted by Gasteiger charge is -2.14. The van der Waals surface area contributed by atoms with E-state index in [1.807, 2.05) is 7.05 Å². The average Bonchev–Trinajstić information content (AvgIpc) is 2.77. The standard InChI is InChI=1S/C12H21N5O/c1-13-12(18)3-5-16(2)9-10-7-11-8-14-4-6-17(11)15-10/h7,14H,3-6,8-9H2,1-2H3,(H,13,18). The molecule has 0 spiro atoms. The van der Waals surface area contributed by atoms with Crippen LogP contribution in [0.1, 0.15) is 17.8 Å². The molecule has 2 heterocycles. The van der Waals surface area contributed by atoms with Crippen LogP contribution in [0.4, 0.5) is 0 Å². The van der Waals surface area contributed by atoms with Crippen LogP contribution in [0.3, 0.4) is 0 Å². The average molecular weight is 251 g/mol. The number of fused-ring (bicyclic) bond motifs is 1. The third-order valence-corrected chi connectivity index (χ3v) is 3.15. The predicted molar refractivity (Wildman–Crippen MR) is 69.0 cm³/mol. The fraction of sp³-hybridized carbons (Fsp3) is 0.667. The van der Waals surface area contributed by atoms with E-state index in [0.717, 1.165) is 38.4 Å². The van der Waals surface area contributed by atoms with E-state index in [1.54, 1.807) is 7.05 Å². The smallest absolute Gasteiger partial charge is 0.221 e. The maximum atomic E-state index is 11.2. The van der Waals surface area contributed by atoms with E-state index < -0.39 is 0 Å². The summed E-state index contributed by atoms with van der Waals surface area (Å²) in [7, 11) is 3.68. The van der Waals surface area contributed by atoms with Gasteiger partial charge in [-0.25, -0.2) is 0 Å². The number of rotatable bonds is 5. The number of nitrogens with zero attached hydrogens (tertiary/aromatic N) is 3. The Hall–Kier alpha value is -1.40. The van der Waals surface area contributed by atoms with E-state index in [2.05, 4.69) is 31.4 Å². The number of amides is 1. The van der Waals surface area contributed by atoms with Crippen LogP contribution < -0.4 is 10.6 Å². The summed E-state index contributed by atoms with van der Waals surface area (Å²) < 4.78 is 2.07. The van der Waals surface area contributed by atoms with Gasteiger partial charge in [0.05, 0.1) is 17.9 Å². The predicted octanol–water partition coefficient (Wildman–Crippen LogP) is -0.446. The molecule has 0 saturated heterocycles. The fourth-order valence-electron chi connectivity index (χ4n) is 2.10. The molecule has 0 radical (unpaired) electrons. The minimum Gasteiger partial charge on any atom is -0.359 e. The summed E-state index contributed by atoms with van der Waals surface area (Å²) >= 11 is 0. The summed E-state index contributed by atoms with van der Waals surface area (Å²) in [6.07, 6.45) is 0.530. The van der Waals surface area contributed by atoms with Crippen molar-refractivity contribution in [3.63, 3.8) is 0 Å². The molecule has 2 rings (SSSR count). The van der Waals surface area contributed by atoms with Crippen LogP contribution in [0.5, 0.6) is 0 Å². The van der Waals surface area contributed by atoms with E-state index in [1.165, 1.54) is 5.69 Å². The zero-order chi connectivity index (χ0) is 13.0. The summed E-state index contributed by atoms with van der Waals surface area (Å²) in [5.41, 5.74) is 2.32. The number of nitrogens with one attached hydrogen (secondary N) is 2. The van der Waals surface area contributed by atoms with Gasteiger partial charge in [0.2, 0.25) is 5.91 Å². The zero-order valence-corrected chi connectivity index (χ0v) is 11.1. The van der Waals surface area contributed by atoms with Gasteiger partial charge < -0.3 is 10.6 Å². The van der Waals surface area contributed by atoms with Gasteiger partial charge in [0, 0.05) is 39.6 Å². The minimum atomic E-state index is 0.0789. The molecule has 6 nitrogen and oxygen atoms in total. The zero-order valence-electron chi connectivity index (χ0n) is 11.1. The molecule has 0 unspecified atom stereocenters. The maximum Gasteiger partial charge on any atom is 0.221 e. The molecular weight excluding hydrogens is 230 g/mol. The van der Waals surface area contributed by atoms with Crippen LogP contribution >= 0.6 is 0 Å². The highest BCUT2D eigenvalue weighted by Gasteiger charge is 2.12. The van der Waals surface area contributed by atoms with Crippen LogP contribution in [0.15, 0.2) is 6.07 Å². The van der Waals surface area contributed by atoms with Crippen molar-refractivity contribution in [3.05, 3.63) is 17.5 Å². The first-order valence-corrected chi connectivity index (χ1v) is 6.34. The molecular formula is C12H21N5O. The van der Waals surface area contributed by atoms with E-state index in [-0.39, 0.29) is 5.91 Å². The van der Waals surface area contributed by atoms with Gasteiger partial charge in [0.1, 0.15) is 0 Å². The van der Waals surface area contributed by atoms with Gasteiger partial charge >= 0.3 is 0 Å². The second-order valence-corrected chi connectivity index (χ2v) is 4.69. The fourth-order valence-corrected chi connectivity index (χ4v) is 2.10. The van der Waals surface area contributed by atoms with Crippen molar-refractivity contribution in [2.45, 2.75) is 26.1 Å². The highest BCUT2D eigenvalue weighted by molar-refractivity contribution is 5.75. The van der Waals surface area contributed by atoms with Crippen molar-refractivity contribution in [2.75, 3.05) is 27.2 Å². The van der Waals surface area contributed by atoms with Crippen molar-refractivity contribution < 1.29 is 4.79 Å². The van der Waals surface area contributed by atoms with Gasteiger partial charge in [0.15, 0.2) is 0 Å².